The first-order chi connectivity index (χ1) is 11.9. The SMILES string of the molecule is CCC[C@H](C)NC(=O)CSc1nnc(SCC(=O)N[C@@H](C)CCC)s1. The molecule has 6 nitrogen and oxygen atoms in total. The summed E-state index contributed by atoms with van der Waals surface area (Å²) in [5.74, 6) is 0.698. The van der Waals surface area contributed by atoms with Gasteiger partial charge in [-0.1, -0.05) is 61.5 Å². The van der Waals surface area contributed by atoms with E-state index in [-0.39, 0.29) is 23.9 Å². The van der Waals surface area contributed by atoms with Crippen LogP contribution in [-0.4, -0.2) is 45.6 Å². The molecule has 0 aromatic carbocycles. The van der Waals surface area contributed by atoms with Crippen LogP contribution >= 0.6 is 34.9 Å². The number of aromatic nitrogens is 2. The molecule has 1 rings (SSSR count). The highest BCUT2D eigenvalue weighted by Crippen LogP contribution is 2.28. The number of rotatable bonds is 12. The molecule has 1 aromatic rings. The molecule has 1 heterocycles. The summed E-state index contributed by atoms with van der Waals surface area (Å²) >= 11 is 4.18. The maximum Gasteiger partial charge on any atom is 0.230 e. The Morgan fingerprint density at radius 1 is 0.920 bits per heavy atom. The highest BCUT2D eigenvalue weighted by Gasteiger charge is 2.12. The number of hydrogen-bond donors (Lipinski definition) is 2. The maximum atomic E-state index is 11.8. The number of carbonyl (C=O) groups is 2. The molecule has 2 atom stereocenters. The highest BCUT2D eigenvalue weighted by molar-refractivity contribution is 8.03. The molecule has 25 heavy (non-hydrogen) atoms. The van der Waals surface area contributed by atoms with Crippen LogP contribution in [0, 0.1) is 0 Å². The largest absolute Gasteiger partial charge is 0.353 e. The number of nitrogens with one attached hydrogen (secondary N) is 2. The summed E-state index contributed by atoms with van der Waals surface area (Å²) in [6, 6.07) is 0.402. The second-order valence-electron chi connectivity index (χ2n) is 5.93. The quantitative estimate of drug-likeness (QED) is 0.520. The van der Waals surface area contributed by atoms with Crippen molar-refractivity contribution in [2.75, 3.05) is 11.5 Å². The molecule has 0 radical (unpaired) electrons. The summed E-state index contributed by atoms with van der Waals surface area (Å²) in [6.07, 6.45) is 4.07. The Kier molecular flexibility index (Phi) is 11.2. The summed E-state index contributed by atoms with van der Waals surface area (Å²) in [6.45, 7) is 8.22. The number of amides is 2. The van der Waals surface area contributed by atoms with E-state index in [0.717, 1.165) is 34.4 Å². The van der Waals surface area contributed by atoms with Crippen molar-refractivity contribution in [3.05, 3.63) is 0 Å². The molecule has 2 amide bonds. The average molecular weight is 405 g/mol. The van der Waals surface area contributed by atoms with Gasteiger partial charge in [0.15, 0.2) is 8.68 Å². The van der Waals surface area contributed by atoms with Crippen LogP contribution in [0.4, 0.5) is 0 Å². The zero-order valence-electron chi connectivity index (χ0n) is 15.3. The molecule has 0 aliphatic rings. The van der Waals surface area contributed by atoms with Gasteiger partial charge in [-0.3, -0.25) is 9.59 Å². The second kappa shape index (κ2) is 12.5. The Labute approximate surface area is 162 Å². The normalized spacial score (nSPS) is 13.3. The number of carbonyl (C=O) groups excluding carboxylic acids is 2. The van der Waals surface area contributed by atoms with Crippen LogP contribution in [0.2, 0.25) is 0 Å². The van der Waals surface area contributed by atoms with Crippen LogP contribution in [0.3, 0.4) is 0 Å². The molecule has 0 aliphatic heterocycles. The van der Waals surface area contributed by atoms with E-state index < -0.39 is 0 Å². The van der Waals surface area contributed by atoms with Crippen LogP contribution in [0.5, 0.6) is 0 Å². The Morgan fingerprint density at radius 3 is 1.68 bits per heavy atom. The zero-order chi connectivity index (χ0) is 18.7. The third-order valence-corrected chi connectivity index (χ3v) is 6.49. The van der Waals surface area contributed by atoms with Gasteiger partial charge in [0, 0.05) is 12.1 Å². The zero-order valence-corrected chi connectivity index (χ0v) is 17.8. The van der Waals surface area contributed by atoms with Gasteiger partial charge in [0.25, 0.3) is 0 Å². The average Bonchev–Trinajstić information content (AvgIpc) is 2.99. The fraction of sp³-hybridized carbons (Fsp3) is 0.750. The predicted octanol–water partition coefficient (Wildman–Crippen LogP) is 3.33. The van der Waals surface area contributed by atoms with Gasteiger partial charge in [-0.25, -0.2) is 0 Å². The van der Waals surface area contributed by atoms with Crippen LogP contribution in [0.1, 0.15) is 53.4 Å². The number of hydrogen-bond acceptors (Lipinski definition) is 7. The van der Waals surface area contributed by atoms with Crippen molar-refractivity contribution >= 4 is 46.7 Å². The summed E-state index contributed by atoms with van der Waals surface area (Å²) in [5.41, 5.74) is 0. The smallest absolute Gasteiger partial charge is 0.230 e. The second-order valence-corrected chi connectivity index (χ2v) is 9.35. The van der Waals surface area contributed by atoms with Crippen molar-refractivity contribution in [2.24, 2.45) is 0 Å². The molecular weight excluding hydrogens is 376 g/mol. The van der Waals surface area contributed by atoms with E-state index in [4.69, 9.17) is 0 Å². The van der Waals surface area contributed by atoms with Gasteiger partial charge in [-0.05, 0) is 26.7 Å². The minimum Gasteiger partial charge on any atom is -0.353 e. The number of nitrogens with zero attached hydrogens (tertiary/aromatic N) is 2. The van der Waals surface area contributed by atoms with E-state index in [0.29, 0.717) is 11.5 Å². The van der Waals surface area contributed by atoms with Crippen LogP contribution in [0.15, 0.2) is 8.68 Å². The molecule has 0 bridgehead atoms. The van der Waals surface area contributed by atoms with Gasteiger partial charge in [0.2, 0.25) is 11.8 Å². The lowest BCUT2D eigenvalue weighted by molar-refractivity contribution is -0.120. The molecular formula is C16H28N4O2S3. The summed E-state index contributed by atoms with van der Waals surface area (Å²) < 4.78 is 1.50. The number of thioether (sulfide) groups is 2. The Balaban J connectivity index is 2.29. The first kappa shape index (κ1) is 22.2. The molecule has 9 heteroatoms. The molecule has 0 aliphatic carbocycles. The van der Waals surface area contributed by atoms with Gasteiger partial charge in [-0.15, -0.1) is 10.2 Å². The minimum absolute atomic E-state index is 0.0136. The maximum absolute atomic E-state index is 11.8. The monoisotopic (exact) mass is 404 g/mol. The minimum atomic E-state index is 0.0136. The van der Waals surface area contributed by atoms with Crippen LogP contribution in [0.25, 0.3) is 0 Å². The molecule has 0 saturated carbocycles. The lowest BCUT2D eigenvalue weighted by atomic mass is 10.2. The lowest BCUT2D eigenvalue weighted by Gasteiger charge is -2.11. The molecule has 1 aromatic heterocycles. The van der Waals surface area contributed by atoms with E-state index in [9.17, 15) is 9.59 Å². The van der Waals surface area contributed by atoms with E-state index in [1.807, 2.05) is 13.8 Å². The lowest BCUT2D eigenvalue weighted by Crippen LogP contribution is -2.33. The van der Waals surface area contributed by atoms with Gasteiger partial charge in [-0.2, -0.15) is 0 Å². The molecule has 0 fully saturated rings. The first-order valence-corrected chi connectivity index (χ1v) is 11.4. The summed E-state index contributed by atoms with van der Waals surface area (Å²) in [7, 11) is 0. The predicted molar refractivity (Wildman–Crippen MR) is 106 cm³/mol. The van der Waals surface area contributed by atoms with E-state index in [1.54, 1.807) is 0 Å². The van der Waals surface area contributed by atoms with Crippen molar-refractivity contribution in [3.63, 3.8) is 0 Å². The first-order valence-electron chi connectivity index (χ1n) is 8.62. The third kappa shape index (κ3) is 10.1. The van der Waals surface area contributed by atoms with Gasteiger partial charge in [0.05, 0.1) is 11.5 Å². The topological polar surface area (TPSA) is 84.0 Å². The fourth-order valence-corrected chi connectivity index (χ4v) is 4.85. The van der Waals surface area contributed by atoms with Gasteiger partial charge >= 0.3 is 0 Å². The Hall–Kier alpha value is -0.800. The highest BCUT2D eigenvalue weighted by atomic mass is 32.2. The van der Waals surface area contributed by atoms with Crippen LogP contribution in [-0.2, 0) is 9.59 Å². The molecule has 0 unspecified atom stereocenters. The van der Waals surface area contributed by atoms with Crippen molar-refractivity contribution in [1.29, 1.82) is 0 Å². The molecule has 0 saturated heterocycles. The third-order valence-electron chi connectivity index (χ3n) is 3.30. The van der Waals surface area contributed by atoms with E-state index in [2.05, 4.69) is 34.7 Å². The van der Waals surface area contributed by atoms with Gasteiger partial charge in [0.1, 0.15) is 0 Å². The van der Waals surface area contributed by atoms with Crippen LogP contribution < -0.4 is 10.6 Å². The summed E-state index contributed by atoms with van der Waals surface area (Å²) in [5, 5.41) is 14.1. The van der Waals surface area contributed by atoms with E-state index in [1.165, 1.54) is 34.9 Å². The van der Waals surface area contributed by atoms with E-state index >= 15 is 0 Å². The van der Waals surface area contributed by atoms with Crippen molar-refractivity contribution in [1.82, 2.24) is 20.8 Å². The molecule has 142 valence electrons. The van der Waals surface area contributed by atoms with Crippen molar-refractivity contribution in [2.45, 2.75) is 74.1 Å². The fourth-order valence-electron chi connectivity index (χ4n) is 2.21. The van der Waals surface area contributed by atoms with Crippen molar-refractivity contribution < 1.29 is 9.59 Å². The molecule has 0 spiro atoms. The van der Waals surface area contributed by atoms with Gasteiger partial charge < -0.3 is 10.6 Å². The molecule has 2 N–H and O–H groups in total. The standard InChI is InChI=1S/C16H28N4O2S3/c1-5-7-11(3)17-13(21)9-23-15-19-20-16(25-15)24-10-14(22)18-12(4)8-6-2/h11-12H,5-10H2,1-4H3,(H,17,21)(H,18,22)/t11-,12-/m0/s1. The summed E-state index contributed by atoms with van der Waals surface area (Å²) in [4.78, 5) is 23.7. The Morgan fingerprint density at radius 2 is 1.32 bits per heavy atom. The Bertz CT molecular complexity index is 495. The van der Waals surface area contributed by atoms with Crippen molar-refractivity contribution in [3.8, 4) is 0 Å².